The van der Waals surface area contributed by atoms with Crippen molar-refractivity contribution in [2.45, 2.75) is 25.5 Å². The quantitative estimate of drug-likeness (QED) is 0.630. The molecule has 3 aromatic heterocycles. The molecule has 0 aliphatic carbocycles. The highest BCUT2D eigenvalue weighted by atomic mass is 19.1. The van der Waals surface area contributed by atoms with Crippen LogP contribution in [-0.2, 0) is 4.84 Å². The van der Waals surface area contributed by atoms with Gasteiger partial charge in [-0.15, -0.1) is 0 Å². The van der Waals surface area contributed by atoms with Crippen molar-refractivity contribution in [3.05, 3.63) is 47.7 Å². The zero-order valence-electron chi connectivity index (χ0n) is 15.0. The Hall–Kier alpha value is -3.27. The molecular formula is C18H17FN6O3. The van der Waals surface area contributed by atoms with Gasteiger partial charge in [-0.05, 0) is 13.0 Å². The normalized spacial score (nSPS) is 21.9. The van der Waals surface area contributed by atoms with E-state index >= 15 is 0 Å². The van der Waals surface area contributed by atoms with Crippen LogP contribution in [0.25, 0.3) is 5.65 Å². The molecule has 0 saturated carbocycles. The Balaban J connectivity index is 1.69. The number of halogens is 1. The van der Waals surface area contributed by atoms with Gasteiger partial charge in [0.25, 0.3) is 5.91 Å². The molecule has 1 saturated heterocycles. The summed E-state index contributed by atoms with van der Waals surface area (Å²) >= 11 is 0. The van der Waals surface area contributed by atoms with Gasteiger partial charge in [0.15, 0.2) is 11.5 Å². The number of carbonyl (C=O) groups excluding carboxylic acids is 1. The van der Waals surface area contributed by atoms with Crippen LogP contribution in [-0.4, -0.2) is 44.7 Å². The number of anilines is 1. The summed E-state index contributed by atoms with van der Waals surface area (Å²) in [6.45, 7) is 2.50. The molecule has 10 heteroatoms. The number of hydroxylamine groups is 1. The number of pyridine rings is 1. The fourth-order valence-electron chi connectivity index (χ4n) is 3.46. The van der Waals surface area contributed by atoms with Crippen LogP contribution in [0, 0.1) is 5.82 Å². The molecule has 2 aliphatic rings. The summed E-state index contributed by atoms with van der Waals surface area (Å²) in [5, 5.41) is 8.60. The maximum Gasteiger partial charge on any atom is 0.256 e. The number of hydrogen-bond donors (Lipinski definition) is 1. The summed E-state index contributed by atoms with van der Waals surface area (Å²) in [5.74, 6) is 0.0421. The lowest BCUT2D eigenvalue weighted by atomic mass is 10.1. The zero-order chi connectivity index (χ0) is 19.3. The molecule has 1 fully saturated rings. The van der Waals surface area contributed by atoms with E-state index in [1.54, 1.807) is 17.3 Å². The Labute approximate surface area is 159 Å². The number of carbonyl (C=O) groups is 1. The smallest absolute Gasteiger partial charge is 0.256 e. The summed E-state index contributed by atoms with van der Waals surface area (Å²) in [6.07, 6.45) is 4.54. The fraction of sp³-hybridized carbons (Fsp3) is 0.333. The van der Waals surface area contributed by atoms with E-state index in [-0.39, 0.29) is 24.6 Å². The first-order valence-corrected chi connectivity index (χ1v) is 8.97. The van der Waals surface area contributed by atoms with Crippen molar-refractivity contribution in [2.24, 2.45) is 0 Å². The average molecular weight is 384 g/mol. The first-order chi connectivity index (χ1) is 13.6. The molecule has 1 N–H and O–H groups in total. The summed E-state index contributed by atoms with van der Waals surface area (Å²) in [5.41, 5.74) is 1.34. The Morgan fingerprint density at radius 3 is 3.14 bits per heavy atom. The minimum absolute atomic E-state index is 0.249. The van der Waals surface area contributed by atoms with Crippen LogP contribution < -0.4 is 15.1 Å². The molecular weight excluding hydrogens is 367 g/mol. The molecule has 1 amide bonds. The van der Waals surface area contributed by atoms with E-state index in [1.807, 2.05) is 6.92 Å². The maximum absolute atomic E-state index is 14.0. The van der Waals surface area contributed by atoms with Gasteiger partial charge in [-0.2, -0.15) is 5.10 Å². The Kier molecular flexibility index (Phi) is 3.86. The Bertz CT molecular complexity index is 1070. The van der Waals surface area contributed by atoms with Crippen molar-refractivity contribution >= 4 is 17.4 Å². The van der Waals surface area contributed by atoms with E-state index in [0.29, 0.717) is 41.5 Å². The molecule has 5 heterocycles. The maximum atomic E-state index is 14.0. The van der Waals surface area contributed by atoms with Gasteiger partial charge in [0.2, 0.25) is 5.88 Å². The van der Waals surface area contributed by atoms with Gasteiger partial charge in [-0.25, -0.2) is 23.9 Å². The van der Waals surface area contributed by atoms with Crippen LogP contribution in [0.15, 0.2) is 30.7 Å². The van der Waals surface area contributed by atoms with Gasteiger partial charge in [-0.1, -0.05) is 0 Å². The molecule has 28 heavy (non-hydrogen) atoms. The molecule has 5 rings (SSSR count). The lowest BCUT2D eigenvalue weighted by molar-refractivity contribution is 0.0932. The number of fused-ring (bicyclic) bond motifs is 5. The highest BCUT2D eigenvalue weighted by molar-refractivity contribution is 5.99. The largest absolute Gasteiger partial charge is 0.473 e. The monoisotopic (exact) mass is 384 g/mol. The van der Waals surface area contributed by atoms with Crippen LogP contribution in [0.1, 0.15) is 35.3 Å². The van der Waals surface area contributed by atoms with Gasteiger partial charge < -0.3 is 10.1 Å². The SMILES string of the molecule is C[C@H]1CNC(=O)c2cnn3ccc(nc23)N2OCC[C@H]2c2cc(F)cnc2O1. The van der Waals surface area contributed by atoms with E-state index < -0.39 is 5.82 Å². The number of amides is 1. The second kappa shape index (κ2) is 6.41. The van der Waals surface area contributed by atoms with E-state index in [4.69, 9.17) is 9.57 Å². The number of nitrogens with zero attached hydrogens (tertiary/aromatic N) is 5. The molecule has 3 aromatic rings. The first kappa shape index (κ1) is 16.9. The van der Waals surface area contributed by atoms with Crippen molar-refractivity contribution in [1.82, 2.24) is 24.9 Å². The molecule has 2 aliphatic heterocycles. The number of aromatic nitrogens is 4. The van der Waals surface area contributed by atoms with E-state index in [1.165, 1.54) is 16.8 Å². The molecule has 9 nitrogen and oxygen atoms in total. The molecule has 0 unspecified atom stereocenters. The standard InChI is InChI=1S/C18H17FN6O3/c1-10-7-20-17(26)13-9-22-24-4-2-15(23-16(13)24)25-14(3-5-27-25)12-6-11(19)8-21-18(12)28-10/h2,4,6,8-10,14H,3,5,7H2,1H3,(H,20,26)/t10-,14-/m0/s1. The van der Waals surface area contributed by atoms with E-state index in [0.717, 1.165) is 6.20 Å². The summed E-state index contributed by atoms with van der Waals surface area (Å²) in [4.78, 5) is 27.1. The van der Waals surface area contributed by atoms with Gasteiger partial charge >= 0.3 is 0 Å². The van der Waals surface area contributed by atoms with Crippen molar-refractivity contribution in [2.75, 3.05) is 18.2 Å². The highest BCUT2D eigenvalue weighted by Crippen LogP contribution is 2.38. The molecule has 0 aromatic carbocycles. The van der Waals surface area contributed by atoms with Gasteiger partial charge in [0.05, 0.1) is 31.6 Å². The summed E-state index contributed by atoms with van der Waals surface area (Å²) in [7, 11) is 0. The molecule has 144 valence electrons. The van der Waals surface area contributed by atoms with Crippen molar-refractivity contribution in [3.8, 4) is 5.88 Å². The van der Waals surface area contributed by atoms with Gasteiger partial charge in [0.1, 0.15) is 17.5 Å². The Morgan fingerprint density at radius 2 is 2.25 bits per heavy atom. The van der Waals surface area contributed by atoms with Crippen LogP contribution in [0.2, 0.25) is 0 Å². The van der Waals surface area contributed by atoms with Gasteiger partial charge in [0, 0.05) is 24.2 Å². The van der Waals surface area contributed by atoms with Crippen LogP contribution >= 0.6 is 0 Å². The zero-order valence-corrected chi connectivity index (χ0v) is 15.0. The third-order valence-corrected chi connectivity index (χ3v) is 4.80. The summed E-state index contributed by atoms with van der Waals surface area (Å²) in [6, 6.07) is 2.81. The minimum Gasteiger partial charge on any atom is -0.473 e. The fourth-order valence-corrected chi connectivity index (χ4v) is 3.46. The third-order valence-electron chi connectivity index (χ3n) is 4.80. The van der Waals surface area contributed by atoms with Crippen LogP contribution in [0.5, 0.6) is 5.88 Å². The molecule has 0 radical (unpaired) electrons. The van der Waals surface area contributed by atoms with Gasteiger partial charge in [-0.3, -0.25) is 9.63 Å². The van der Waals surface area contributed by atoms with Crippen LogP contribution in [0.3, 0.4) is 0 Å². The van der Waals surface area contributed by atoms with Crippen LogP contribution in [0.4, 0.5) is 10.2 Å². The predicted molar refractivity (Wildman–Crippen MR) is 95.4 cm³/mol. The number of ether oxygens (including phenoxy) is 1. The van der Waals surface area contributed by atoms with Crippen molar-refractivity contribution in [1.29, 1.82) is 0 Å². The lowest BCUT2D eigenvalue weighted by Crippen LogP contribution is -2.34. The van der Waals surface area contributed by atoms with E-state index in [2.05, 4.69) is 20.4 Å². The molecule has 2 atom stereocenters. The van der Waals surface area contributed by atoms with Crippen molar-refractivity contribution < 1.29 is 18.8 Å². The number of nitrogens with one attached hydrogen (secondary N) is 1. The highest BCUT2D eigenvalue weighted by Gasteiger charge is 2.33. The summed E-state index contributed by atoms with van der Waals surface area (Å²) < 4.78 is 21.4. The first-order valence-electron chi connectivity index (χ1n) is 8.97. The topological polar surface area (TPSA) is 93.9 Å². The number of hydrogen-bond acceptors (Lipinski definition) is 7. The third kappa shape index (κ3) is 2.73. The average Bonchev–Trinajstić information content (AvgIpc) is 3.33. The molecule has 0 spiro atoms. The lowest BCUT2D eigenvalue weighted by Gasteiger charge is -2.25. The number of rotatable bonds is 0. The second-order valence-electron chi connectivity index (χ2n) is 6.76. The van der Waals surface area contributed by atoms with E-state index in [9.17, 15) is 9.18 Å². The minimum atomic E-state index is -0.457. The molecule has 2 bridgehead atoms. The van der Waals surface area contributed by atoms with Crippen molar-refractivity contribution in [3.63, 3.8) is 0 Å². The second-order valence-corrected chi connectivity index (χ2v) is 6.76. The Morgan fingerprint density at radius 1 is 1.36 bits per heavy atom. The predicted octanol–water partition coefficient (Wildman–Crippen LogP) is 1.66.